The Morgan fingerprint density at radius 3 is 2.56 bits per heavy atom. The number of benzene rings is 2. The summed E-state index contributed by atoms with van der Waals surface area (Å²) in [6.45, 7) is 10.1. The fourth-order valence-electron chi connectivity index (χ4n) is 4.27. The van der Waals surface area contributed by atoms with Crippen LogP contribution in [0.1, 0.15) is 37.9 Å². The summed E-state index contributed by atoms with van der Waals surface area (Å²) < 4.78 is 24.9. The predicted octanol–water partition coefficient (Wildman–Crippen LogP) is 4.53. The van der Waals surface area contributed by atoms with Crippen LogP contribution in [0.15, 0.2) is 74.6 Å². The van der Waals surface area contributed by atoms with Gasteiger partial charge in [-0.15, -0.1) is 0 Å². The number of carbonyl (C=O) groups is 1. The van der Waals surface area contributed by atoms with Crippen molar-refractivity contribution >= 4 is 39.3 Å². The summed E-state index contributed by atoms with van der Waals surface area (Å²) in [5, 5.41) is 0. The van der Waals surface area contributed by atoms with Crippen LogP contribution in [-0.2, 0) is 9.53 Å². The van der Waals surface area contributed by atoms with E-state index in [4.69, 9.17) is 18.9 Å². The molecule has 39 heavy (non-hydrogen) atoms. The number of nitrogens with zero attached hydrogens (tertiary/aromatic N) is 2. The molecule has 10 heteroatoms. The quantitative estimate of drug-likeness (QED) is 0.247. The van der Waals surface area contributed by atoms with Crippen LogP contribution in [0.4, 0.5) is 0 Å². The zero-order valence-corrected chi connectivity index (χ0v) is 24.6. The molecule has 0 bridgehead atoms. The van der Waals surface area contributed by atoms with E-state index in [0.717, 1.165) is 11.1 Å². The van der Waals surface area contributed by atoms with Crippen LogP contribution >= 0.6 is 27.3 Å². The molecule has 1 aliphatic rings. The van der Waals surface area contributed by atoms with Gasteiger partial charge in [0.15, 0.2) is 16.3 Å². The fourth-order valence-corrected chi connectivity index (χ4v) is 5.89. The van der Waals surface area contributed by atoms with Gasteiger partial charge in [0.2, 0.25) is 0 Å². The third kappa shape index (κ3) is 5.86. The van der Waals surface area contributed by atoms with Crippen molar-refractivity contribution in [2.75, 3.05) is 26.9 Å². The number of allylic oxidation sites excluding steroid dienone is 1. The van der Waals surface area contributed by atoms with Gasteiger partial charge in [0.25, 0.3) is 5.56 Å². The van der Waals surface area contributed by atoms with Crippen molar-refractivity contribution in [3.63, 3.8) is 0 Å². The number of thiazole rings is 1. The number of hydrogen-bond acceptors (Lipinski definition) is 8. The van der Waals surface area contributed by atoms with Gasteiger partial charge in [0.1, 0.15) is 12.4 Å². The van der Waals surface area contributed by atoms with Crippen LogP contribution in [0, 0.1) is 0 Å². The smallest absolute Gasteiger partial charge is 0.338 e. The molecular formula is C29H29BrN2O6S. The van der Waals surface area contributed by atoms with E-state index in [1.807, 2.05) is 31.2 Å². The monoisotopic (exact) mass is 612 g/mol. The number of halogens is 1. The zero-order chi connectivity index (χ0) is 28.1. The Morgan fingerprint density at radius 1 is 1.18 bits per heavy atom. The Balaban J connectivity index is 1.88. The molecule has 2 aromatic carbocycles. The largest absolute Gasteiger partial charge is 0.493 e. The minimum absolute atomic E-state index is 0.204. The Morgan fingerprint density at radius 2 is 1.92 bits per heavy atom. The minimum Gasteiger partial charge on any atom is -0.493 e. The van der Waals surface area contributed by atoms with Crippen LogP contribution in [0.2, 0.25) is 0 Å². The highest BCUT2D eigenvalue weighted by Gasteiger charge is 2.33. The molecular weight excluding hydrogens is 584 g/mol. The molecule has 3 aromatic rings. The van der Waals surface area contributed by atoms with E-state index in [-0.39, 0.29) is 12.2 Å². The summed E-state index contributed by atoms with van der Waals surface area (Å²) in [6.07, 6.45) is 3.44. The van der Waals surface area contributed by atoms with E-state index in [1.54, 1.807) is 49.8 Å². The normalized spacial score (nSPS) is 14.9. The number of hydrogen-bond donors (Lipinski definition) is 0. The molecule has 8 nitrogen and oxygen atoms in total. The van der Waals surface area contributed by atoms with E-state index in [2.05, 4.69) is 27.5 Å². The maximum Gasteiger partial charge on any atom is 0.338 e. The number of aromatic nitrogens is 1. The highest BCUT2D eigenvalue weighted by molar-refractivity contribution is 9.10. The molecule has 0 saturated carbocycles. The molecule has 0 amide bonds. The summed E-state index contributed by atoms with van der Waals surface area (Å²) >= 11 is 4.79. The molecule has 0 spiro atoms. The molecule has 1 aliphatic heterocycles. The first kappa shape index (κ1) is 28.4. The Labute approximate surface area is 238 Å². The molecule has 0 N–H and O–H groups in total. The highest BCUT2D eigenvalue weighted by atomic mass is 79.9. The number of methoxy groups -OCH3 is 1. The third-order valence-electron chi connectivity index (χ3n) is 5.92. The van der Waals surface area contributed by atoms with Gasteiger partial charge in [-0.25, -0.2) is 9.79 Å². The van der Waals surface area contributed by atoms with E-state index < -0.39 is 12.0 Å². The first-order valence-electron chi connectivity index (χ1n) is 12.4. The molecule has 0 radical (unpaired) electrons. The lowest BCUT2D eigenvalue weighted by molar-refractivity contribution is -0.139. The highest BCUT2D eigenvalue weighted by Crippen LogP contribution is 2.37. The molecule has 4 rings (SSSR count). The Kier molecular flexibility index (Phi) is 9.08. The lowest BCUT2D eigenvalue weighted by Gasteiger charge is -2.24. The summed E-state index contributed by atoms with van der Waals surface area (Å²) in [4.78, 5) is 32.1. The van der Waals surface area contributed by atoms with Crippen molar-refractivity contribution in [1.29, 1.82) is 0 Å². The van der Waals surface area contributed by atoms with Gasteiger partial charge in [0, 0.05) is 0 Å². The van der Waals surface area contributed by atoms with Gasteiger partial charge in [-0.1, -0.05) is 36.1 Å². The van der Waals surface area contributed by atoms with Crippen molar-refractivity contribution in [2.24, 2.45) is 4.99 Å². The van der Waals surface area contributed by atoms with Gasteiger partial charge in [-0.2, -0.15) is 0 Å². The zero-order valence-electron chi connectivity index (χ0n) is 22.2. The van der Waals surface area contributed by atoms with Crippen molar-refractivity contribution in [1.82, 2.24) is 4.57 Å². The molecule has 0 fully saturated rings. The first-order chi connectivity index (χ1) is 18.8. The fraction of sp³-hybridized carbons (Fsp3) is 0.276. The lowest BCUT2D eigenvalue weighted by Crippen LogP contribution is -2.39. The van der Waals surface area contributed by atoms with Crippen molar-refractivity contribution in [3.8, 4) is 17.2 Å². The van der Waals surface area contributed by atoms with Crippen molar-refractivity contribution in [3.05, 3.63) is 95.6 Å². The van der Waals surface area contributed by atoms with Crippen LogP contribution < -0.4 is 29.1 Å². The van der Waals surface area contributed by atoms with E-state index >= 15 is 0 Å². The van der Waals surface area contributed by atoms with Crippen molar-refractivity contribution in [2.45, 2.75) is 26.8 Å². The lowest BCUT2D eigenvalue weighted by atomic mass is 9.96. The number of ether oxygens (including phenoxy) is 4. The van der Waals surface area contributed by atoms with E-state index in [1.165, 1.54) is 11.3 Å². The van der Waals surface area contributed by atoms with Gasteiger partial charge < -0.3 is 18.9 Å². The number of rotatable bonds is 10. The summed E-state index contributed by atoms with van der Waals surface area (Å²) in [6, 6.07) is 10.2. The van der Waals surface area contributed by atoms with Gasteiger partial charge in [0.05, 0.1) is 46.6 Å². The van der Waals surface area contributed by atoms with Crippen LogP contribution in [0.25, 0.3) is 6.08 Å². The Hall–Kier alpha value is -3.63. The van der Waals surface area contributed by atoms with Gasteiger partial charge >= 0.3 is 5.97 Å². The summed E-state index contributed by atoms with van der Waals surface area (Å²) in [5.41, 5.74) is 2.03. The molecule has 1 aromatic heterocycles. The standard InChI is InChI=1S/C29H29BrN2O6S/c1-6-13-38-20-11-9-19(10-12-20)25-24(28(34)37-8-3)17(4)31-29-32(25)27(33)23(39-29)16-18-14-21(30)26(36-7-2)22(15-18)35-5/h6,9-12,14-16,25H,1,7-8,13H2,2-5H3/b23-16-/t25-/m0/s1. The predicted molar refractivity (Wildman–Crippen MR) is 154 cm³/mol. The second-order valence-corrected chi connectivity index (χ2v) is 10.3. The number of carbonyl (C=O) groups excluding carboxylic acids is 1. The SMILES string of the molecule is C=CCOc1ccc([C@H]2C(C(=O)OCC)=C(C)N=c3s/c(=C\c4cc(Br)c(OCC)c(OC)c4)c(=O)n32)cc1. The third-order valence-corrected chi connectivity index (χ3v) is 7.49. The van der Waals surface area contributed by atoms with E-state index in [0.29, 0.717) is 55.5 Å². The average Bonchev–Trinajstić information content (AvgIpc) is 3.22. The molecule has 0 saturated heterocycles. The molecule has 1 atom stereocenters. The molecule has 0 unspecified atom stereocenters. The Bertz CT molecular complexity index is 1600. The van der Waals surface area contributed by atoms with Gasteiger partial charge in [-0.05, 0) is 78.2 Å². The first-order valence-corrected chi connectivity index (χ1v) is 14.0. The van der Waals surface area contributed by atoms with Crippen molar-refractivity contribution < 1.29 is 23.7 Å². The molecule has 2 heterocycles. The number of esters is 1. The van der Waals surface area contributed by atoms with Gasteiger partial charge in [-0.3, -0.25) is 9.36 Å². The maximum absolute atomic E-state index is 13.9. The second-order valence-electron chi connectivity index (χ2n) is 8.44. The van der Waals surface area contributed by atoms with Crippen LogP contribution in [0.3, 0.4) is 0 Å². The topological polar surface area (TPSA) is 88.4 Å². The van der Waals surface area contributed by atoms with Crippen LogP contribution in [0.5, 0.6) is 17.2 Å². The summed E-state index contributed by atoms with van der Waals surface area (Å²) in [5.74, 6) is 1.28. The average molecular weight is 614 g/mol. The van der Waals surface area contributed by atoms with E-state index in [9.17, 15) is 9.59 Å². The molecule has 0 aliphatic carbocycles. The number of fused-ring (bicyclic) bond motifs is 1. The molecule has 204 valence electrons. The minimum atomic E-state index is -0.711. The van der Waals surface area contributed by atoms with Crippen LogP contribution in [-0.4, -0.2) is 37.5 Å². The summed E-state index contributed by atoms with van der Waals surface area (Å²) in [7, 11) is 1.56. The second kappa shape index (κ2) is 12.5. The maximum atomic E-state index is 13.9.